The van der Waals surface area contributed by atoms with Crippen molar-refractivity contribution >= 4 is 23.6 Å². The molecule has 0 radical (unpaired) electrons. The zero-order valence-corrected chi connectivity index (χ0v) is 17.3. The van der Waals surface area contributed by atoms with E-state index in [9.17, 15) is 9.59 Å². The highest BCUT2D eigenvalue weighted by Crippen LogP contribution is 2.28. The molecule has 7 heteroatoms. The van der Waals surface area contributed by atoms with Crippen LogP contribution in [0.1, 0.15) is 17.5 Å². The quantitative estimate of drug-likeness (QED) is 0.466. The Labute approximate surface area is 176 Å². The molecule has 0 N–H and O–H groups in total. The van der Waals surface area contributed by atoms with Crippen LogP contribution >= 0.6 is 0 Å². The maximum Gasteiger partial charge on any atom is 0.331 e. The highest BCUT2D eigenvalue weighted by molar-refractivity contribution is 5.96. The summed E-state index contributed by atoms with van der Waals surface area (Å²) in [5.74, 6) is 0.0649. The van der Waals surface area contributed by atoms with Crippen molar-refractivity contribution in [3.63, 3.8) is 0 Å². The highest BCUT2D eigenvalue weighted by Gasteiger charge is 2.17. The van der Waals surface area contributed by atoms with E-state index in [0.717, 1.165) is 5.56 Å². The summed E-state index contributed by atoms with van der Waals surface area (Å²) in [4.78, 5) is 26.0. The molecule has 0 saturated carbocycles. The summed E-state index contributed by atoms with van der Waals surface area (Å²) in [6.07, 6.45) is 2.97. The molecule has 0 aliphatic rings. The van der Waals surface area contributed by atoms with Gasteiger partial charge in [0.05, 0.1) is 26.7 Å². The second kappa shape index (κ2) is 11.3. The minimum absolute atomic E-state index is 0.173. The minimum Gasteiger partial charge on any atom is -0.493 e. The number of amides is 1. The van der Waals surface area contributed by atoms with Crippen molar-refractivity contribution in [1.82, 2.24) is 0 Å². The molecule has 0 aliphatic heterocycles. The second-order valence-corrected chi connectivity index (χ2v) is 6.34. The molecule has 0 atom stereocenters. The Morgan fingerprint density at radius 3 is 2.40 bits per heavy atom. The molecule has 0 heterocycles. The smallest absolute Gasteiger partial charge is 0.331 e. The fraction of sp³-hybridized carbons (Fsp3) is 0.261. The van der Waals surface area contributed by atoms with Crippen LogP contribution in [0.25, 0.3) is 6.08 Å². The number of methoxy groups -OCH3 is 2. The molecule has 0 fully saturated rings. The Kier molecular flexibility index (Phi) is 8.45. The van der Waals surface area contributed by atoms with Gasteiger partial charge >= 0.3 is 5.97 Å². The first kappa shape index (κ1) is 22.5. The summed E-state index contributed by atoms with van der Waals surface area (Å²) in [7, 11) is 3.07. The maximum absolute atomic E-state index is 12.6. The van der Waals surface area contributed by atoms with Gasteiger partial charge in [-0.25, -0.2) is 4.79 Å². The van der Waals surface area contributed by atoms with E-state index in [0.29, 0.717) is 22.7 Å². The van der Waals surface area contributed by atoms with Gasteiger partial charge in [0.15, 0.2) is 18.1 Å². The number of anilines is 1. The molecule has 0 saturated heterocycles. The van der Waals surface area contributed by atoms with Crippen molar-refractivity contribution in [3.05, 3.63) is 59.7 Å². The molecular formula is C23H24N2O5. The molecule has 0 aliphatic carbocycles. The molecule has 156 valence electrons. The zero-order valence-electron chi connectivity index (χ0n) is 17.3. The third-order valence-corrected chi connectivity index (χ3v) is 4.25. The number of carbonyl (C=O) groups is 2. The first-order valence-corrected chi connectivity index (χ1v) is 9.29. The van der Waals surface area contributed by atoms with E-state index >= 15 is 0 Å². The summed E-state index contributed by atoms with van der Waals surface area (Å²) in [5, 5.41) is 8.86. The van der Waals surface area contributed by atoms with Crippen molar-refractivity contribution in [2.75, 3.05) is 32.3 Å². The SMILES string of the molecule is COc1ccc(/C=C/C(=O)OCC(=O)N(CCC#N)c2ccc(C)cc2)cc1OC. The molecule has 2 aromatic rings. The molecule has 2 rings (SSSR count). The van der Waals surface area contributed by atoms with Gasteiger partial charge in [-0.3, -0.25) is 4.79 Å². The highest BCUT2D eigenvalue weighted by atomic mass is 16.5. The van der Waals surface area contributed by atoms with Crippen molar-refractivity contribution in [2.45, 2.75) is 13.3 Å². The Bertz CT molecular complexity index is 945. The minimum atomic E-state index is -0.651. The molecule has 7 nitrogen and oxygen atoms in total. The molecule has 0 unspecified atom stereocenters. The monoisotopic (exact) mass is 408 g/mol. The first-order valence-electron chi connectivity index (χ1n) is 9.29. The average molecular weight is 408 g/mol. The molecule has 1 amide bonds. The van der Waals surface area contributed by atoms with E-state index in [1.807, 2.05) is 25.1 Å². The molecule has 0 aromatic heterocycles. The predicted octanol–water partition coefficient (Wildman–Crippen LogP) is 3.52. The summed E-state index contributed by atoms with van der Waals surface area (Å²) < 4.78 is 15.5. The number of esters is 1. The molecule has 30 heavy (non-hydrogen) atoms. The van der Waals surface area contributed by atoms with E-state index in [1.54, 1.807) is 36.4 Å². The molecule has 0 bridgehead atoms. The van der Waals surface area contributed by atoms with Crippen LogP contribution in [0, 0.1) is 18.3 Å². The normalized spacial score (nSPS) is 10.3. The van der Waals surface area contributed by atoms with Gasteiger partial charge in [-0.1, -0.05) is 23.8 Å². The largest absolute Gasteiger partial charge is 0.493 e. The standard InChI is InChI=1S/C23H24N2O5/c1-17-5-9-19(10-6-17)25(14-4-13-24)22(26)16-30-23(27)12-8-18-7-11-20(28-2)21(15-18)29-3/h5-12,15H,4,14,16H2,1-3H3/b12-8+. The lowest BCUT2D eigenvalue weighted by Gasteiger charge is -2.21. The van der Waals surface area contributed by atoms with Gasteiger partial charge in [0.1, 0.15) is 0 Å². The number of benzene rings is 2. The zero-order chi connectivity index (χ0) is 21.9. The van der Waals surface area contributed by atoms with E-state index in [4.69, 9.17) is 19.5 Å². The Morgan fingerprint density at radius 1 is 1.07 bits per heavy atom. The fourth-order valence-electron chi connectivity index (χ4n) is 2.66. The average Bonchev–Trinajstić information content (AvgIpc) is 2.77. The lowest BCUT2D eigenvalue weighted by molar-refractivity contribution is -0.142. The van der Waals surface area contributed by atoms with E-state index in [-0.39, 0.29) is 13.0 Å². The number of nitrogens with zero attached hydrogens (tertiary/aromatic N) is 2. The van der Waals surface area contributed by atoms with Crippen LogP contribution in [0.5, 0.6) is 11.5 Å². The van der Waals surface area contributed by atoms with Gasteiger partial charge in [-0.2, -0.15) is 5.26 Å². The second-order valence-electron chi connectivity index (χ2n) is 6.34. The van der Waals surface area contributed by atoms with Crippen LogP contribution < -0.4 is 14.4 Å². The van der Waals surface area contributed by atoms with Crippen molar-refractivity contribution < 1.29 is 23.8 Å². The first-order chi connectivity index (χ1) is 14.5. The number of carbonyl (C=O) groups excluding carboxylic acids is 2. The third-order valence-electron chi connectivity index (χ3n) is 4.25. The number of hydrogen-bond donors (Lipinski definition) is 0. The van der Waals surface area contributed by atoms with Gasteiger partial charge in [-0.15, -0.1) is 0 Å². The van der Waals surface area contributed by atoms with E-state index in [2.05, 4.69) is 0 Å². The number of aryl methyl sites for hydroxylation is 1. The summed E-state index contributed by atoms with van der Waals surface area (Å²) in [5.41, 5.74) is 2.42. The topological polar surface area (TPSA) is 88.9 Å². The van der Waals surface area contributed by atoms with Crippen LogP contribution in [0.2, 0.25) is 0 Å². The lowest BCUT2D eigenvalue weighted by atomic mass is 10.2. The Morgan fingerprint density at radius 2 is 1.77 bits per heavy atom. The van der Waals surface area contributed by atoms with Crippen molar-refractivity contribution in [1.29, 1.82) is 5.26 Å². The molecule has 0 spiro atoms. The summed E-state index contributed by atoms with van der Waals surface area (Å²) in [6.45, 7) is 1.74. The number of rotatable bonds is 9. The van der Waals surface area contributed by atoms with Gasteiger partial charge in [0, 0.05) is 18.3 Å². The summed E-state index contributed by atoms with van der Waals surface area (Å²) in [6, 6.07) is 14.6. The lowest BCUT2D eigenvalue weighted by Crippen LogP contribution is -2.35. The van der Waals surface area contributed by atoms with Crippen LogP contribution in [0.4, 0.5) is 5.69 Å². The van der Waals surface area contributed by atoms with Gasteiger partial charge in [0.2, 0.25) is 0 Å². The van der Waals surface area contributed by atoms with Gasteiger partial charge in [-0.05, 0) is 42.8 Å². The fourth-order valence-corrected chi connectivity index (χ4v) is 2.66. The van der Waals surface area contributed by atoms with Gasteiger partial charge in [0.25, 0.3) is 5.91 Å². The number of hydrogen-bond acceptors (Lipinski definition) is 6. The maximum atomic E-state index is 12.6. The molecular weight excluding hydrogens is 384 g/mol. The predicted molar refractivity (Wildman–Crippen MR) is 113 cm³/mol. The summed E-state index contributed by atoms with van der Waals surface area (Å²) >= 11 is 0. The van der Waals surface area contributed by atoms with Crippen LogP contribution in [0.15, 0.2) is 48.5 Å². The Balaban J connectivity index is 1.99. The third kappa shape index (κ3) is 6.38. The van der Waals surface area contributed by atoms with Crippen LogP contribution in [0.3, 0.4) is 0 Å². The van der Waals surface area contributed by atoms with E-state index in [1.165, 1.54) is 25.2 Å². The van der Waals surface area contributed by atoms with Crippen molar-refractivity contribution in [2.24, 2.45) is 0 Å². The molecule has 2 aromatic carbocycles. The van der Waals surface area contributed by atoms with Crippen LogP contribution in [-0.2, 0) is 14.3 Å². The van der Waals surface area contributed by atoms with E-state index < -0.39 is 18.5 Å². The van der Waals surface area contributed by atoms with Crippen molar-refractivity contribution in [3.8, 4) is 17.6 Å². The number of ether oxygens (including phenoxy) is 3. The Hall–Kier alpha value is -3.79. The van der Waals surface area contributed by atoms with Gasteiger partial charge < -0.3 is 19.1 Å². The van der Waals surface area contributed by atoms with Crippen LogP contribution in [-0.4, -0.2) is 39.2 Å². The number of nitriles is 1.